The molecule has 0 aliphatic heterocycles. The fraction of sp³-hybridized carbons (Fsp3) is 0.714. The number of nitrogens with one attached hydrogen (secondary N) is 1. The van der Waals surface area contributed by atoms with Crippen LogP contribution in [0.5, 0.6) is 0 Å². The quantitative estimate of drug-likeness (QED) is 0.546. The van der Waals surface area contributed by atoms with E-state index in [2.05, 4.69) is 5.32 Å². The van der Waals surface area contributed by atoms with E-state index in [1.165, 1.54) is 13.8 Å². The van der Waals surface area contributed by atoms with Gasteiger partial charge in [-0.3, -0.25) is 14.9 Å². The van der Waals surface area contributed by atoms with E-state index < -0.39 is 6.04 Å². The van der Waals surface area contributed by atoms with Crippen LogP contribution in [0.1, 0.15) is 13.8 Å². The lowest BCUT2D eigenvalue weighted by Gasteiger charge is -2.10. The smallest absolute Gasteiger partial charge is 0.149 e. The van der Waals surface area contributed by atoms with Crippen molar-refractivity contribution >= 4 is 11.6 Å². The second kappa shape index (κ2) is 4.98. The molecule has 0 saturated heterocycles. The Morgan fingerprint density at radius 1 is 1.45 bits per heavy atom. The van der Waals surface area contributed by atoms with E-state index >= 15 is 0 Å². The maximum atomic E-state index is 10.7. The molecule has 0 spiro atoms. The summed E-state index contributed by atoms with van der Waals surface area (Å²) < 4.78 is 0. The van der Waals surface area contributed by atoms with Gasteiger partial charge in [0, 0.05) is 0 Å². The predicted molar refractivity (Wildman–Crippen MR) is 40.2 cm³/mol. The highest BCUT2D eigenvalue weighted by molar-refractivity contribution is 5.83. The molecule has 0 amide bonds. The molecule has 64 valence electrons. The first-order valence-corrected chi connectivity index (χ1v) is 3.42. The van der Waals surface area contributed by atoms with E-state index in [4.69, 9.17) is 5.11 Å². The molecule has 0 bridgehead atoms. The minimum atomic E-state index is -0.598. The summed E-state index contributed by atoms with van der Waals surface area (Å²) in [4.78, 5) is 21.1. The van der Waals surface area contributed by atoms with Crippen LogP contribution in [0.15, 0.2) is 0 Å². The van der Waals surface area contributed by atoms with E-state index in [0.717, 1.165) is 0 Å². The molecule has 0 heterocycles. The van der Waals surface area contributed by atoms with Gasteiger partial charge in [0.1, 0.15) is 11.6 Å². The Morgan fingerprint density at radius 3 is 2.27 bits per heavy atom. The second-order valence-corrected chi connectivity index (χ2v) is 2.43. The summed E-state index contributed by atoms with van der Waals surface area (Å²) in [6.45, 7) is 2.66. The van der Waals surface area contributed by atoms with Gasteiger partial charge in [0.2, 0.25) is 0 Å². The third-order valence-electron chi connectivity index (χ3n) is 1.27. The topological polar surface area (TPSA) is 66.4 Å². The van der Waals surface area contributed by atoms with Crippen molar-refractivity contribution in [3.63, 3.8) is 0 Å². The predicted octanol–water partition coefficient (Wildman–Crippen LogP) is -0.885. The highest BCUT2D eigenvalue weighted by atomic mass is 16.3. The molecule has 0 aliphatic rings. The molecular formula is C7H13NO3. The standard InChI is InChI=1S/C7H13NO3/c1-5(10)3-8-7(4-9)6(2)11/h7-9H,3-4H2,1-2H3/t7-/m0/s1. The largest absolute Gasteiger partial charge is 0.394 e. The third-order valence-corrected chi connectivity index (χ3v) is 1.27. The molecule has 1 atom stereocenters. The average molecular weight is 159 g/mol. The third kappa shape index (κ3) is 4.64. The van der Waals surface area contributed by atoms with Gasteiger partial charge >= 0.3 is 0 Å². The summed E-state index contributed by atoms with van der Waals surface area (Å²) in [5.74, 6) is -0.210. The van der Waals surface area contributed by atoms with Crippen LogP contribution in [0.4, 0.5) is 0 Å². The monoisotopic (exact) mass is 159 g/mol. The van der Waals surface area contributed by atoms with Gasteiger partial charge in [0.05, 0.1) is 19.2 Å². The zero-order valence-electron chi connectivity index (χ0n) is 6.76. The Hall–Kier alpha value is -0.740. The van der Waals surface area contributed by atoms with E-state index in [0.29, 0.717) is 0 Å². The highest BCUT2D eigenvalue weighted by Gasteiger charge is 2.11. The van der Waals surface area contributed by atoms with Gasteiger partial charge in [-0.2, -0.15) is 0 Å². The fourth-order valence-electron chi connectivity index (χ4n) is 0.604. The van der Waals surface area contributed by atoms with E-state index in [1.807, 2.05) is 0 Å². The highest BCUT2D eigenvalue weighted by Crippen LogP contribution is 1.83. The maximum absolute atomic E-state index is 10.7. The van der Waals surface area contributed by atoms with E-state index in [1.54, 1.807) is 0 Å². The fourth-order valence-corrected chi connectivity index (χ4v) is 0.604. The van der Waals surface area contributed by atoms with E-state index in [9.17, 15) is 9.59 Å². The van der Waals surface area contributed by atoms with Crippen molar-refractivity contribution < 1.29 is 14.7 Å². The zero-order chi connectivity index (χ0) is 8.85. The molecule has 0 aliphatic carbocycles. The number of rotatable bonds is 5. The van der Waals surface area contributed by atoms with Crippen molar-refractivity contribution in [3.8, 4) is 0 Å². The molecule has 11 heavy (non-hydrogen) atoms. The first-order chi connectivity index (χ1) is 5.07. The lowest BCUT2D eigenvalue weighted by Crippen LogP contribution is -2.40. The molecular weight excluding hydrogens is 146 g/mol. The van der Waals surface area contributed by atoms with Crippen LogP contribution in [0.2, 0.25) is 0 Å². The minimum absolute atomic E-state index is 0.0512. The molecule has 0 aromatic rings. The SMILES string of the molecule is CC(=O)CN[C@@H](CO)C(C)=O. The Morgan fingerprint density at radius 2 is 2.00 bits per heavy atom. The van der Waals surface area contributed by atoms with Gasteiger partial charge in [0.25, 0.3) is 0 Å². The lowest BCUT2D eigenvalue weighted by atomic mass is 10.2. The molecule has 0 aromatic carbocycles. The van der Waals surface area contributed by atoms with Crippen molar-refractivity contribution in [3.05, 3.63) is 0 Å². The van der Waals surface area contributed by atoms with Crippen LogP contribution < -0.4 is 5.32 Å². The molecule has 0 aromatic heterocycles. The zero-order valence-corrected chi connectivity index (χ0v) is 6.76. The van der Waals surface area contributed by atoms with Crippen molar-refractivity contribution in [1.82, 2.24) is 5.32 Å². The number of aliphatic hydroxyl groups is 1. The molecule has 0 radical (unpaired) electrons. The average Bonchev–Trinajstić information content (AvgIpc) is 1.87. The second-order valence-electron chi connectivity index (χ2n) is 2.43. The van der Waals surface area contributed by atoms with Gasteiger partial charge in [-0.25, -0.2) is 0 Å². The molecule has 0 rings (SSSR count). The molecule has 2 N–H and O–H groups in total. The summed E-state index contributed by atoms with van der Waals surface area (Å²) >= 11 is 0. The van der Waals surface area contributed by atoms with Gasteiger partial charge in [-0.05, 0) is 13.8 Å². The number of hydrogen-bond donors (Lipinski definition) is 2. The Bertz CT molecular complexity index is 156. The molecule has 4 heteroatoms. The number of ketones is 2. The summed E-state index contributed by atoms with van der Waals surface area (Å²) in [6.07, 6.45) is 0. The van der Waals surface area contributed by atoms with Gasteiger partial charge < -0.3 is 5.11 Å². The van der Waals surface area contributed by atoms with Crippen molar-refractivity contribution in [2.75, 3.05) is 13.2 Å². The first kappa shape index (κ1) is 10.3. The molecule has 0 fully saturated rings. The molecule has 0 saturated carbocycles. The number of carbonyl (C=O) groups excluding carboxylic acids is 2. The molecule has 4 nitrogen and oxygen atoms in total. The van der Waals surface area contributed by atoms with E-state index in [-0.39, 0.29) is 24.7 Å². The van der Waals surface area contributed by atoms with Crippen LogP contribution in [0, 0.1) is 0 Å². The Balaban J connectivity index is 3.70. The Labute approximate surface area is 65.6 Å². The number of hydrogen-bond acceptors (Lipinski definition) is 4. The van der Waals surface area contributed by atoms with Gasteiger partial charge in [-0.15, -0.1) is 0 Å². The number of aliphatic hydroxyl groups excluding tert-OH is 1. The van der Waals surface area contributed by atoms with Crippen LogP contribution >= 0.6 is 0 Å². The van der Waals surface area contributed by atoms with Gasteiger partial charge in [0.15, 0.2) is 0 Å². The number of Topliss-reactive ketones (excluding diaryl/α,β-unsaturated/α-hetero) is 2. The van der Waals surface area contributed by atoms with Crippen LogP contribution in [0.3, 0.4) is 0 Å². The number of carbonyl (C=O) groups is 2. The lowest BCUT2D eigenvalue weighted by molar-refractivity contribution is -0.120. The first-order valence-electron chi connectivity index (χ1n) is 3.42. The summed E-state index contributed by atoms with van der Waals surface area (Å²) in [5, 5.41) is 11.2. The van der Waals surface area contributed by atoms with Crippen molar-refractivity contribution in [2.45, 2.75) is 19.9 Å². The maximum Gasteiger partial charge on any atom is 0.149 e. The Kier molecular flexibility index (Phi) is 4.65. The van der Waals surface area contributed by atoms with Gasteiger partial charge in [-0.1, -0.05) is 0 Å². The summed E-state index contributed by atoms with van der Waals surface area (Å²) in [5.41, 5.74) is 0. The normalized spacial score (nSPS) is 12.6. The van der Waals surface area contributed by atoms with Crippen LogP contribution in [-0.4, -0.2) is 35.9 Å². The summed E-state index contributed by atoms with van der Waals surface area (Å²) in [7, 11) is 0. The van der Waals surface area contributed by atoms with Crippen molar-refractivity contribution in [2.24, 2.45) is 0 Å². The van der Waals surface area contributed by atoms with Crippen LogP contribution in [0.25, 0.3) is 0 Å². The summed E-state index contributed by atoms with van der Waals surface area (Å²) in [6, 6.07) is -0.598. The molecule has 0 unspecified atom stereocenters. The minimum Gasteiger partial charge on any atom is -0.394 e. The van der Waals surface area contributed by atoms with Crippen molar-refractivity contribution in [1.29, 1.82) is 0 Å². The van der Waals surface area contributed by atoms with Crippen LogP contribution in [-0.2, 0) is 9.59 Å².